The molecule has 1 heterocycles. The van der Waals surface area contributed by atoms with Crippen molar-refractivity contribution in [3.8, 4) is 11.4 Å². The Morgan fingerprint density at radius 2 is 1.89 bits per heavy atom. The summed E-state index contributed by atoms with van der Waals surface area (Å²) in [4.78, 5) is 11.4. The number of benzene rings is 1. The average Bonchev–Trinajstić information content (AvgIpc) is 2.28. The van der Waals surface area contributed by atoms with Gasteiger partial charge in [0.15, 0.2) is 9.84 Å². The molecule has 1 aromatic heterocycles. The van der Waals surface area contributed by atoms with Gasteiger partial charge < -0.3 is 5.11 Å². The van der Waals surface area contributed by atoms with Gasteiger partial charge >= 0.3 is 0 Å². The van der Waals surface area contributed by atoms with Gasteiger partial charge in [-0.25, -0.2) is 12.8 Å². The number of hydrogen-bond acceptors (Lipinski definition) is 4. The van der Waals surface area contributed by atoms with E-state index in [1.54, 1.807) is 0 Å². The predicted octanol–water partition coefficient (Wildman–Crippen LogP) is 1.09. The molecule has 0 atom stereocenters. The van der Waals surface area contributed by atoms with Crippen LogP contribution in [0.1, 0.15) is 0 Å². The Hall–Kier alpha value is -2.15. The number of hydrogen-bond donors (Lipinski definition) is 1. The molecule has 0 fully saturated rings. The summed E-state index contributed by atoms with van der Waals surface area (Å²) in [6.07, 6.45) is 2.17. The van der Waals surface area contributed by atoms with Gasteiger partial charge in [0.2, 0.25) is 0 Å². The molecule has 0 spiro atoms. The Bertz CT molecular complexity index is 796. The van der Waals surface area contributed by atoms with E-state index in [9.17, 15) is 17.6 Å². The maximum absolute atomic E-state index is 13.9. The third kappa shape index (κ3) is 2.65. The van der Waals surface area contributed by atoms with E-state index in [-0.39, 0.29) is 16.3 Å². The van der Waals surface area contributed by atoms with Crippen LogP contribution in [0, 0.1) is 5.82 Å². The van der Waals surface area contributed by atoms with Crippen LogP contribution < -0.4 is 5.56 Å². The lowest BCUT2D eigenvalue weighted by atomic mass is 10.3. The van der Waals surface area contributed by atoms with Gasteiger partial charge in [0, 0.05) is 18.5 Å². The monoisotopic (exact) mass is 283 g/mol. The molecule has 7 heteroatoms. The van der Waals surface area contributed by atoms with Gasteiger partial charge in [0.05, 0.1) is 10.6 Å². The van der Waals surface area contributed by atoms with Gasteiger partial charge in [0.25, 0.3) is 5.56 Å². The smallest absolute Gasteiger partial charge is 0.258 e. The molecule has 0 aliphatic carbocycles. The molecule has 2 rings (SSSR count). The standard InChI is InChI=1S/C12H10FNO4S/c1-19(17,18)9-2-3-11(10(13)7-9)14-5-4-8(15)6-12(14)16/h2-7,15H,1H3. The number of pyridine rings is 1. The second-order valence-electron chi connectivity index (χ2n) is 3.98. The highest BCUT2D eigenvalue weighted by Crippen LogP contribution is 2.17. The second-order valence-corrected chi connectivity index (χ2v) is 5.99. The maximum Gasteiger partial charge on any atom is 0.258 e. The highest BCUT2D eigenvalue weighted by atomic mass is 32.2. The largest absolute Gasteiger partial charge is 0.508 e. The zero-order valence-electron chi connectivity index (χ0n) is 9.87. The summed E-state index contributed by atoms with van der Waals surface area (Å²) < 4.78 is 37.4. The van der Waals surface area contributed by atoms with Crippen molar-refractivity contribution in [2.24, 2.45) is 0 Å². The molecular weight excluding hydrogens is 273 g/mol. The van der Waals surface area contributed by atoms with Gasteiger partial charge in [-0.15, -0.1) is 0 Å². The van der Waals surface area contributed by atoms with Crippen LogP contribution in [0.2, 0.25) is 0 Å². The predicted molar refractivity (Wildman–Crippen MR) is 66.8 cm³/mol. The van der Waals surface area contributed by atoms with Crippen molar-refractivity contribution in [3.63, 3.8) is 0 Å². The fraction of sp³-hybridized carbons (Fsp3) is 0.0833. The van der Waals surface area contributed by atoms with E-state index >= 15 is 0 Å². The molecular formula is C12H10FNO4S. The third-order valence-electron chi connectivity index (χ3n) is 2.51. The Kier molecular flexibility index (Phi) is 3.15. The van der Waals surface area contributed by atoms with E-state index < -0.39 is 21.2 Å². The lowest BCUT2D eigenvalue weighted by molar-refractivity contribution is 0.472. The number of nitrogens with zero attached hydrogens (tertiary/aromatic N) is 1. The van der Waals surface area contributed by atoms with Crippen LogP contribution in [0.4, 0.5) is 4.39 Å². The molecule has 0 saturated heterocycles. The van der Waals surface area contributed by atoms with Gasteiger partial charge in [-0.2, -0.15) is 0 Å². The summed E-state index contributed by atoms with van der Waals surface area (Å²) in [7, 11) is -3.51. The Balaban J connectivity index is 2.62. The van der Waals surface area contributed by atoms with E-state index in [1.807, 2.05) is 0 Å². The zero-order chi connectivity index (χ0) is 14.2. The van der Waals surface area contributed by atoms with Crippen molar-refractivity contribution < 1.29 is 17.9 Å². The molecule has 0 radical (unpaired) electrons. The number of aromatic hydroxyl groups is 1. The second kappa shape index (κ2) is 4.51. The van der Waals surface area contributed by atoms with Crippen LogP contribution >= 0.6 is 0 Å². The first-order chi connectivity index (χ1) is 8.79. The van der Waals surface area contributed by atoms with Crippen molar-refractivity contribution in [3.05, 3.63) is 52.7 Å². The lowest BCUT2D eigenvalue weighted by Gasteiger charge is -2.08. The van der Waals surface area contributed by atoms with Gasteiger partial charge in [-0.3, -0.25) is 9.36 Å². The van der Waals surface area contributed by atoms with Crippen LogP contribution in [-0.4, -0.2) is 24.3 Å². The quantitative estimate of drug-likeness (QED) is 0.895. The van der Waals surface area contributed by atoms with E-state index in [4.69, 9.17) is 5.11 Å². The van der Waals surface area contributed by atoms with Gasteiger partial charge in [-0.1, -0.05) is 0 Å². The molecule has 0 aliphatic heterocycles. The van der Waals surface area contributed by atoms with E-state index in [0.717, 1.165) is 23.0 Å². The minimum absolute atomic E-state index is 0.0857. The van der Waals surface area contributed by atoms with Gasteiger partial charge in [0.1, 0.15) is 11.6 Å². The van der Waals surface area contributed by atoms with Crippen molar-refractivity contribution in [2.45, 2.75) is 4.90 Å². The first-order valence-electron chi connectivity index (χ1n) is 5.21. The van der Waals surface area contributed by atoms with E-state index in [2.05, 4.69) is 0 Å². The van der Waals surface area contributed by atoms with Crippen molar-refractivity contribution in [1.82, 2.24) is 4.57 Å². The Morgan fingerprint density at radius 3 is 2.42 bits per heavy atom. The molecule has 19 heavy (non-hydrogen) atoms. The number of aromatic nitrogens is 1. The summed E-state index contributed by atoms with van der Waals surface area (Å²) in [6.45, 7) is 0. The van der Waals surface area contributed by atoms with Crippen LogP contribution in [0.5, 0.6) is 5.75 Å². The molecule has 2 aromatic rings. The fourth-order valence-electron chi connectivity index (χ4n) is 1.58. The number of halogens is 1. The maximum atomic E-state index is 13.9. The van der Waals surface area contributed by atoms with Crippen molar-refractivity contribution in [2.75, 3.05) is 6.26 Å². The third-order valence-corrected chi connectivity index (χ3v) is 3.62. The minimum Gasteiger partial charge on any atom is -0.508 e. The Labute approximate surface area is 108 Å². The van der Waals surface area contributed by atoms with Crippen LogP contribution in [-0.2, 0) is 9.84 Å². The lowest BCUT2D eigenvalue weighted by Crippen LogP contribution is -2.17. The summed E-state index contributed by atoms with van der Waals surface area (Å²) in [5.74, 6) is -1.06. The molecule has 1 N–H and O–H groups in total. The van der Waals surface area contributed by atoms with Crippen molar-refractivity contribution in [1.29, 1.82) is 0 Å². The summed E-state index contributed by atoms with van der Waals surface area (Å²) >= 11 is 0. The van der Waals surface area contributed by atoms with Crippen LogP contribution in [0.15, 0.2) is 46.2 Å². The molecule has 0 saturated carbocycles. The van der Waals surface area contributed by atoms with Crippen LogP contribution in [0.3, 0.4) is 0 Å². The number of sulfone groups is 1. The van der Waals surface area contributed by atoms with Crippen LogP contribution in [0.25, 0.3) is 5.69 Å². The molecule has 1 aromatic carbocycles. The topological polar surface area (TPSA) is 76.4 Å². The molecule has 0 amide bonds. The average molecular weight is 283 g/mol. The Morgan fingerprint density at radius 1 is 1.21 bits per heavy atom. The first kappa shape index (κ1) is 13.3. The summed E-state index contributed by atoms with van der Waals surface area (Å²) in [6, 6.07) is 5.43. The van der Waals surface area contributed by atoms with Gasteiger partial charge in [-0.05, 0) is 24.3 Å². The highest BCUT2D eigenvalue weighted by Gasteiger charge is 2.12. The SMILES string of the molecule is CS(=O)(=O)c1ccc(-n2ccc(O)cc2=O)c(F)c1. The molecule has 0 bridgehead atoms. The normalized spacial score (nSPS) is 11.5. The minimum atomic E-state index is -3.51. The molecule has 5 nitrogen and oxygen atoms in total. The van der Waals surface area contributed by atoms with Crippen molar-refractivity contribution >= 4 is 9.84 Å². The van der Waals surface area contributed by atoms with E-state index in [1.165, 1.54) is 24.4 Å². The zero-order valence-corrected chi connectivity index (χ0v) is 10.7. The summed E-state index contributed by atoms with van der Waals surface area (Å²) in [5.41, 5.74) is -0.705. The molecule has 0 unspecified atom stereocenters. The highest BCUT2D eigenvalue weighted by molar-refractivity contribution is 7.90. The summed E-state index contributed by atoms with van der Waals surface area (Å²) in [5, 5.41) is 9.12. The molecule has 100 valence electrons. The van der Waals surface area contributed by atoms with E-state index in [0.29, 0.717) is 0 Å². The number of rotatable bonds is 2. The molecule has 0 aliphatic rings. The fourth-order valence-corrected chi connectivity index (χ4v) is 2.21. The first-order valence-corrected chi connectivity index (χ1v) is 7.10.